The molecule has 4 rings (SSSR count). The molecule has 9 heteroatoms. The summed E-state index contributed by atoms with van der Waals surface area (Å²) in [7, 11) is 0. The minimum absolute atomic E-state index is 0. The van der Waals surface area contributed by atoms with Crippen molar-refractivity contribution >= 4 is 47.6 Å². The Morgan fingerprint density at radius 3 is 2.32 bits per heavy atom. The summed E-state index contributed by atoms with van der Waals surface area (Å²) in [6.45, 7) is 6.78. The number of aliphatic imine (C=N–C) groups is 1. The van der Waals surface area contributed by atoms with Crippen molar-refractivity contribution in [2.45, 2.75) is 31.2 Å². The fourth-order valence-corrected chi connectivity index (χ4v) is 5.47. The average Bonchev–Trinajstić information content (AvgIpc) is 3.24. The molecule has 0 amide bonds. The van der Waals surface area contributed by atoms with Gasteiger partial charge in [-0.3, -0.25) is 9.89 Å². The highest BCUT2D eigenvalue weighted by atomic mass is 127. The summed E-state index contributed by atoms with van der Waals surface area (Å²) in [5.74, 6) is 4.02. The van der Waals surface area contributed by atoms with Gasteiger partial charge in [0.15, 0.2) is 5.96 Å². The third-order valence-corrected chi connectivity index (χ3v) is 7.13. The number of anilines is 1. The minimum Gasteiger partial charge on any atom is -0.370 e. The Morgan fingerprint density at radius 2 is 1.68 bits per heavy atom. The summed E-state index contributed by atoms with van der Waals surface area (Å²) in [6.07, 6.45) is 8.79. The topological polar surface area (TPSA) is 73.9 Å². The van der Waals surface area contributed by atoms with Gasteiger partial charge in [0.2, 0.25) is 5.95 Å². The summed E-state index contributed by atoms with van der Waals surface area (Å²) >= 11 is 2.08. The lowest BCUT2D eigenvalue weighted by Gasteiger charge is -2.43. The van der Waals surface area contributed by atoms with Crippen LogP contribution in [-0.4, -0.2) is 88.6 Å². The summed E-state index contributed by atoms with van der Waals surface area (Å²) in [6, 6.07) is 1.85. The molecule has 0 unspecified atom stereocenters. The standard InChI is InChI=1S/C19H31N7S.HI/c20-17(24-8-10-25(11-9-24)18-21-6-3-7-22-18)23-16-19(4-1-2-5-19)26-12-14-27-15-13-26;/h3,6-7H,1-2,4-5,8-16H2,(H2,20,23);1H. The molecule has 0 radical (unpaired) electrons. The molecule has 1 aromatic rings. The molecule has 0 spiro atoms. The number of thioether (sulfide) groups is 1. The third-order valence-electron chi connectivity index (χ3n) is 6.19. The fraction of sp³-hybridized carbons (Fsp3) is 0.737. The van der Waals surface area contributed by atoms with Crippen molar-refractivity contribution in [1.82, 2.24) is 19.8 Å². The van der Waals surface area contributed by atoms with E-state index >= 15 is 0 Å². The lowest BCUT2D eigenvalue weighted by Crippen LogP contribution is -2.54. The first-order valence-corrected chi connectivity index (χ1v) is 11.3. The van der Waals surface area contributed by atoms with Crippen LogP contribution >= 0.6 is 35.7 Å². The van der Waals surface area contributed by atoms with Crippen molar-refractivity contribution in [3.8, 4) is 0 Å². The number of nitrogens with zero attached hydrogens (tertiary/aromatic N) is 6. The van der Waals surface area contributed by atoms with Crippen LogP contribution in [0.2, 0.25) is 0 Å². The largest absolute Gasteiger partial charge is 0.370 e. The van der Waals surface area contributed by atoms with Crippen LogP contribution < -0.4 is 10.6 Å². The molecular formula is C19H32IN7S. The van der Waals surface area contributed by atoms with Crippen molar-refractivity contribution in [3.05, 3.63) is 18.5 Å². The van der Waals surface area contributed by atoms with Crippen molar-refractivity contribution in [1.29, 1.82) is 0 Å². The highest BCUT2D eigenvalue weighted by Gasteiger charge is 2.40. The highest BCUT2D eigenvalue weighted by molar-refractivity contribution is 14.0. The molecule has 3 fully saturated rings. The van der Waals surface area contributed by atoms with E-state index in [1.807, 2.05) is 6.07 Å². The van der Waals surface area contributed by atoms with E-state index in [-0.39, 0.29) is 29.5 Å². The van der Waals surface area contributed by atoms with E-state index in [4.69, 9.17) is 10.7 Å². The maximum absolute atomic E-state index is 6.40. The zero-order chi connectivity index (χ0) is 18.5. The van der Waals surface area contributed by atoms with Gasteiger partial charge in [0.1, 0.15) is 0 Å². The average molecular weight is 517 g/mol. The van der Waals surface area contributed by atoms with Crippen LogP contribution in [0.5, 0.6) is 0 Å². The molecule has 0 bridgehead atoms. The summed E-state index contributed by atoms with van der Waals surface area (Å²) in [4.78, 5) is 20.7. The van der Waals surface area contributed by atoms with Crippen LogP contribution in [0.15, 0.2) is 23.5 Å². The molecule has 3 heterocycles. The molecule has 2 N–H and O–H groups in total. The van der Waals surface area contributed by atoms with Gasteiger partial charge in [-0.2, -0.15) is 11.8 Å². The molecule has 0 aromatic carbocycles. The summed E-state index contributed by atoms with van der Waals surface area (Å²) < 4.78 is 0. The zero-order valence-corrected chi connectivity index (χ0v) is 19.6. The van der Waals surface area contributed by atoms with E-state index in [1.165, 1.54) is 50.3 Å². The predicted molar refractivity (Wildman–Crippen MR) is 128 cm³/mol. The van der Waals surface area contributed by atoms with Crippen molar-refractivity contribution in [3.63, 3.8) is 0 Å². The Morgan fingerprint density at radius 1 is 1.04 bits per heavy atom. The monoisotopic (exact) mass is 517 g/mol. The molecule has 1 saturated carbocycles. The first kappa shape index (κ1) is 21.9. The van der Waals surface area contributed by atoms with Crippen molar-refractivity contribution in [2.24, 2.45) is 10.7 Å². The minimum atomic E-state index is 0. The Hall–Kier alpha value is -0.810. The van der Waals surface area contributed by atoms with E-state index < -0.39 is 0 Å². The predicted octanol–water partition coefficient (Wildman–Crippen LogP) is 1.89. The van der Waals surface area contributed by atoms with Crippen molar-refractivity contribution < 1.29 is 0 Å². The van der Waals surface area contributed by atoms with Gasteiger partial charge >= 0.3 is 0 Å². The molecule has 1 aliphatic carbocycles. The van der Waals surface area contributed by atoms with E-state index in [0.717, 1.165) is 38.7 Å². The second-order valence-electron chi connectivity index (χ2n) is 7.73. The number of guanidine groups is 1. The molecule has 0 atom stereocenters. The third kappa shape index (κ3) is 5.02. The normalized spacial score (nSPS) is 23.5. The Kier molecular flexibility index (Phi) is 8.04. The van der Waals surface area contributed by atoms with Crippen LogP contribution in [-0.2, 0) is 0 Å². The van der Waals surface area contributed by atoms with Gasteiger partial charge in [0.25, 0.3) is 0 Å². The van der Waals surface area contributed by atoms with Gasteiger partial charge in [-0.05, 0) is 18.9 Å². The number of halogens is 1. The zero-order valence-electron chi connectivity index (χ0n) is 16.5. The highest BCUT2D eigenvalue weighted by Crippen LogP contribution is 2.37. The lowest BCUT2D eigenvalue weighted by molar-refractivity contribution is 0.112. The van der Waals surface area contributed by atoms with Gasteiger partial charge in [-0.1, -0.05) is 12.8 Å². The number of nitrogens with two attached hydrogens (primary N) is 1. The van der Waals surface area contributed by atoms with Gasteiger partial charge in [-0.25, -0.2) is 9.97 Å². The fourth-order valence-electron chi connectivity index (χ4n) is 4.56. The van der Waals surface area contributed by atoms with Crippen molar-refractivity contribution in [2.75, 3.05) is 62.2 Å². The molecular weight excluding hydrogens is 485 g/mol. The Labute approximate surface area is 189 Å². The van der Waals surface area contributed by atoms with Gasteiger partial charge in [0.05, 0.1) is 6.54 Å². The van der Waals surface area contributed by atoms with Crippen LogP contribution in [0, 0.1) is 0 Å². The maximum Gasteiger partial charge on any atom is 0.225 e. The quantitative estimate of drug-likeness (QED) is 0.372. The SMILES string of the molecule is I.NC(=NCC1(N2CCSCC2)CCCC1)N1CCN(c2ncccn2)CC1. The van der Waals surface area contributed by atoms with Gasteiger partial charge in [-0.15, -0.1) is 24.0 Å². The number of hydrogen-bond acceptors (Lipinski definition) is 6. The van der Waals surface area contributed by atoms with E-state index in [1.54, 1.807) is 12.4 Å². The molecule has 156 valence electrons. The molecule has 28 heavy (non-hydrogen) atoms. The number of aromatic nitrogens is 2. The first-order valence-electron chi connectivity index (χ1n) is 10.2. The van der Waals surface area contributed by atoms with Crippen LogP contribution in [0.1, 0.15) is 25.7 Å². The lowest BCUT2D eigenvalue weighted by atomic mass is 9.95. The maximum atomic E-state index is 6.40. The number of piperazine rings is 1. The van der Waals surface area contributed by atoms with Gasteiger partial charge < -0.3 is 15.5 Å². The molecule has 2 aliphatic heterocycles. The number of rotatable bonds is 4. The second-order valence-corrected chi connectivity index (χ2v) is 8.95. The molecule has 3 aliphatic rings. The van der Waals surface area contributed by atoms with Crippen LogP contribution in [0.4, 0.5) is 5.95 Å². The van der Waals surface area contributed by atoms with E-state index in [2.05, 4.69) is 36.4 Å². The first-order chi connectivity index (χ1) is 13.3. The summed E-state index contributed by atoms with van der Waals surface area (Å²) in [5.41, 5.74) is 6.66. The molecule has 2 saturated heterocycles. The molecule has 1 aromatic heterocycles. The summed E-state index contributed by atoms with van der Waals surface area (Å²) in [5, 5.41) is 0. The Balaban J connectivity index is 0.00000225. The van der Waals surface area contributed by atoms with Crippen LogP contribution in [0.25, 0.3) is 0 Å². The van der Waals surface area contributed by atoms with Gasteiger partial charge in [0, 0.05) is 68.7 Å². The smallest absolute Gasteiger partial charge is 0.225 e. The molecule has 7 nitrogen and oxygen atoms in total. The van der Waals surface area contributed by atoms with E-state index in [9.17, 15) is 0 Å². The van der Waals surface area contributed by atoms with Crippen LogP contribution in [0.3, 0.4) is 0 Å². The number of hydrogen-bond donors (Lipinski definition) is 1. The second kappa shape index (κ2) is 10.3. The Bertz CT molecular complexity index is 624. The van der Waals surface area contributed by atoms with E-state index in [0.29, 0.717) is 5.96 Å².